The molecular formula is C45H30N2O. The highest BCUT2D eigenvalue weighted by atomic mass is 16.3. The zero-order valence-electron chi connectivity index (χ0n) is 26.2. The highest BCUT2D eigenvalue weighted by Gasteiger charge is 2.39. The fourth-order valence-electron chi connectivity index (χ4n) is 8.72. The largest absolute Gasteiger partial charge is 0.456 e. The van der Waals surface area contributed by atoms with Crippen molar-refractivity contribution >= 4 is 55.1 Å². The number of benzene rings is 7. The van der Waals surface area contributed by atoms with Gasteiger partial charge in [0.15, 0.2) is 0 Å². The summed E-state index contributed by atoms with van der Waals surface area (Å²) in [5.41, 5.74) is 16.1. The molecule has 11 rings (SSSR count). The SMILES string of the molecule is c1ccc(-c2cccc(-n3c4ccccc4c4c5c(ccc43)N3c4ccc(-c6cccc7oc8ccccc8c67)cc4CC3C5)c2)cc1. The Morgan fingerprint density at radius 3 is 2.21 bits per heavy atom. The van der Waals surface area contributed by atoms with E-state index >= 15 is 0 Å². The van der Waals surface area contributed by atoms with E-state index in [1.54, 1.807) is 0 Å². The van der Waals surface area contributed by atoms with Crippen LogP contribution in [0.15, 0.2) is 156 Å². The first-order valence-electron chi connectivity index (χ1n) is 16.8. The Labute approximate surface area is 277 Å². The molecule has 226 valence electrons. The standard InChI is InChI=1S/C45H30N2O/c1-2-10-28(11-3-1)29-12-8-13-32(25-29)46-39-17-6-4-14-35(39)44-37-27-33-26-31-24-30(20-21-38(31)47(33)40(37)22-23-41(44)46)34-16-9-19-43-45(34)36-15-5-7-18-42(36)48-43/h1-25,33H,26-27H2. The maximum atomic E-state index is 6.22. The molecule has 0 saturated carbocycles. The average molecular weight is 615 g/mol. The lowest BCUT2D eigenvalue weighted by Gasteiger charge is -2.21. The zero-order chi connectivity index (χ0) is 31.3. The number of para-hydroxylation sites is 2. The van der Waals surface area contributed by atoms with Crippen LogP contribution in [0, 0.1) is 0 Å². The minimum atomic E-state index is 0.421. The molecule has 0 N–H and O–H groups in total. The first kappa shape index (κ1) is 26.1. The Morgan fingerprint density at radius 1 is 0.500 bits per heavy atom. The van der Waals surface area contributed by atoms with Crippen molar-refractivity contribution in [2.75, 3.05) is 4.90 Å². The maximum absolute atomic E-state index is 6.22. The van der Waals surface area contributed by atoms with Gasteiger partial charge in [0, 0.05) is 44.6 Å². The lowest BCUT2D eigenvalue weighted by molar-refractivity contribution is 0.669. The molecule has 3 heteroatoms. The summed E-state index contributed by atoms with van der Waals surface area (Å²) in [5.74, 6) is 0. The Balaban J connectivity index is 1.04. The second-order valence-corrected chi connectivity index (χ2v) is 13.3. The van der Waals surface area contributed by atoms with Crippen molar-refractivity contribution in [3.05, 3.63) is 163 Å². The number of hydrogen-bond donors (Lipinski definition) is 0. The molecule has 1 unspecified atom stereocenters. The second-order valence-electron chi connectivity index (χ2n) is 13.3. The third kappa shape index (κ3) is 3.59. The lowest BCUT2D eigenvalue weighted by Crippen LogP contribution is -2.22. The first-order chi connectivity index (χ1) is 23.8. The molecule has 0 aliphatic carbocycles. The summed E-state index contributed by atoms with van der Waals surface area (Å²) in [4.78, 5) is 2.61. The van der Waals surface area contributed by atoms with Crippen molar-refractivity contribution in [3.8, 4) is 27.9 Å². The van der Waals surface area contributed by atoms with E-state index in [2.05, 4.69) is 155 Å². The summed E-state index contributed by atoms with van der Waals surface area (Å²) >= 11 is 0. The molecule has 2 aliphatic rings. The van der Waals surface area contributed by atoms with Gasteiger partial charge in [-0.25, -0.2) is 0 Å². The van der Waals surface area contributed by atoms with Crippen molar-refractivity contribution in [1.82, 2.24) is 4.57 Å². The molecule has 0 radical (unpaired) electrons. The van der Waals surface area contributed by atoms with Crippen LogP contribution in [0.3, 0.4) is 0 Å². The topological polar surface area (TPSA) is 21.3 Å². The highest BCUT2D eigenvalue weighted by molar-refractivity contribution is 6.14. The van der Waals surface area contributed by atoms with Crippen molar-refractivity contribution in [2.45, 2.75) is 18.9 Å². The number of fused-ring (bicyclic) bond motifs is 12. The van der Waals surface area contributed by atoms with Gasteiger partial charge in [-0.1, -0.05) is 97.1 Å². The van der Waals surface area contributed by atoms with Crippen LogP contribution in [-0.4, -0.2) is 10.6 Å². The van der Waals surface area contributed by atoms with Crippen molar-refractivity contribution in [2.24, 2.45) is 0 Å². The maximum Gasteiger partial charge on any atom is 0.136 e. The van der Waals surface area contributed by atoms with Gasteiger partial charge < -0.3 is 13.9 Å². The van der Waals surface area contributed by atoms with E-state index in [1.165, 1.54) is 83.0 Å². The van der Waals surface area contributed by atoms with Crippen molar-refractivity contribution < 1.29 is 4.42 Å². The second kappa shape index (κ2) is 9.73. The third-order valence-corrected chi connectivity index (χ3v) is 10.7. The molecule has 7 aromatic carbocycles. The van der Waals surface area contributed by atoms with Crippen LogP contribution < -0.4 is 4.90 Å². The fourth-order valence-corrected chi connectivity index (χ4v) is 8.72. The summed E-state index contributed by atoms with van der Waals surface area (Å²) in [6.45, 7) is 0. The number of rotatable bonds is 3. The van der Waals surface area contributed by atoms with E-state index in [1.807, 2.05) is 6.07 Å². The number of hydrogen-bond acceptors (Lipinski definition) is 2. The average Bonchev–Trinajstić information content (AvgIpc) is 3.89. The number of nitrogens with zero attached hydrogens (tertiary/aromatic N) is 2. The molecule has 48 heavy (non-hydrogen) atoms. The summed E-state index contributed by atoms with van der Waals surface area (Å²) in [5, 5.41) is 5.09. The lowest BCUT2D eigenvalue weighted by atomic mass is 9.95. The Hall–Kier alpha value is -6.06. The molecule has 0 saturated heterocycles. The van der Waals surface area contributed by atoms with Gasteiger partial charge in [0.1, 0.15) is 11.2 Å². The van der Waals surface area contributed by atoms with Crippen molar-refractivity contribution in [3.63, 3.8) is 0 Å². The normalized spacial score (nSPS) is 15.1. The van der Waals surface area contributed by atoms with E-state index in [-0.39, 0.29) is 0 Å². The molecule has 2 aliphatic heterocycles. The van der Waals surface area contributed by atoms with Crippen molar-refractivity contribution in [1.29, 1.82) is 0 Å². The minimum Gasteiger partial charge on any atom is -0.456 e. The Morgan fingerprint density at radius 2 is 1.27 bits per heavy atom. The molecule has 1 atom stereocenters. The highest BCUT2D eigenvalue weighted by Crippen LogP contribution is 2.51. The molecule has 9 aromatic rings. The number of furan rings is 1. The van der Waals surface area contributed by atoms with E-state index in [4.69, 9.17) is 4.42 Å². The zero-order valence-corrected chi connectivity index (χ0v) is 26.2. The Bertz CT molecular complexity index is 2750. The summed E-state index contributed by atoms with van der Waals surface area (Å²) in [6, 6.07) is 55.6. The van der Waals surface area contributed by atoms with Crippen LogP contribution in [0.4, 0.5) is 11.4 Å². The Kier molecular flexibility index (Phi) is 5.28. The van der Waals surface area contributed by atoms with E-state index in [0.29, 0.717) is 6.04 Å². The molecule has 3 nitrogen and oxygen atoms in total. The predicted octanol–water partition coefficient (Wildman–Crippen LogP) is 11.6. The third-order valence-electron chi connectivity index (χ3n) is 10.7. The summed E-state index contributed by atoms with van der Waals surface area (Å²) in [6.07, 6.45) is 2.08. The van der Waals surface area contributed by atoms with Crippen LogP contribution in [0.25, 0.3) is 71.7 Å². The van der Waals surface area contributed by atoms with Gasteiger partial charge in [-0.3, -0.25) is 0 Å². The van der Waals surface area contributed by atoms with Gasteiger partial charge in [0.05, 0.1) is 11.0 Å². The van der Waals surface area contributed by atoms with Crippen LogP contribution in [0.1, 0.15) is 11.1 Å². The van der Waals surface area contributed by atoms with Gasteiger partial charge in [0.2, 0.25) is 0 Å². The monoisotopic (exact) mass is 614 g/mol. The molecule has 0 spiro atoms. The molecule has 2 aromatic heterocycles. The number of anilines is 2. The molecule has 0 amide bonds. The van der Waals surface area contributed by atoms with Gasteiger partial charge in [0.25, 0.3) is 0 Å². The minimum absolute atomic E-state index is 0.421. The van der Waals surface area contributed by atoms with Crippen LogP contribution in [0.2, 0.25) is 0 Å². The quantitative estimate of drug-likeness (QED) is 0.197. The predicted molar refractivity (Wildman–Crippen MR) is 199 cm³/mol. The molecular weight excluding hydrogens is 585 g/mol. The van der Waals surface area contributed by atoms with Gasteiger partial charge in [-0.2, -0.15) is 0 Å². The van der Waals surface area contributed by atoms with Gasteiger partial charge >= 0.3 is 0 Å². The van der Waals surface area contributed by atoms with E-state index in [0.717, 1.165) is 24.0 Å². The van der Waals surface area contributed by atoms with Gasteiger partial charge in [-0.05, 0) is 101 Å². The first-order valence-corrected chi connectivity index (χ1v) is 16.8. The van der Waals surface area contributed by atoms with Crippen LogP contribution in [0.5, 0.6) is 0 Å². The molecule has 0 bridgehead atoms. The fraction of sp³-hybridized carbons (Fsp3) is 0.0667. The number of aromatic nitrogens is 1. The summed E-state index contributed by atoms with van der Waals surface area (Å²) in [7, 11) is 0. The van der Waals surface area contributed by atoms with Gasteiger partial charge in [-0.15, -0.1) is 0 Å². The molecule has 4 heterocycles. The van der Waals surface area contributed by atoms with E-state index < -0.39 is 0 Å². The summed E-state index contributed by atoms with van der Waals surface area (Å²) < 4.78 is 8.68. The molecule has 0 fully saturated rings. The smallest absolute Gasteiger partial charge is 0.136 e. The van der Waals surface area contributed by atoms with E-state index in [9.17, 15) is 0 Å². The van der Waals surface area contributed by atoms with Crippen LogP contribution in [-0.2, 0) is 12.8 Å². The van der Waals surface area contributed by atoms with Crippen LogP contribution >= 0.6 is 0 Å².